The fourth-order valence-electron chi connectivity index (χ4n) is 1.60. The van der Waals surface area contributed by atoms with Crippen molar-refractivity contribution in [2.45, 2.75) is 32.6 Å². The summed E-state index contributed by atoms with van der Waals surface area (Å²) in [4.78, 5) is 11.5. The van der Waals surface area contributed by atoms with Crippen LogP contribution in [0.15, 0.2) is 0 Å². The Morgan fingerprint density at radius 3 is 2.67 bits per heavy atom. The van der Waals surface area contributed by atoms with E-state index in [0.717, 1.165) is 12.8 Å². The van der Waals surface area contributed by atoms with Crippen molar-refractivity contribution in [3.8, 4) is 0 Å². The smallest absolute Gasteiger partial charge is 0.138 e. The van der Waals surface area contributed by atoms with Gasteiger partial charge in [0.25, 0.3) is 0 Å². The third kappa shape index (κ3) is 2.59. The first kappa shape index (κ1) is 9.72. The van der Waals surface area contributed by atoms with Crippen molar-refractivity contribution in [2.75, 3.05) is 13.7 Å². The largest absolute Gasteiger partial charge is 0.384 e. The lowest BCUT2D eigenvalue weighted by Gasteiger charge is -2.12. The molecule has 0 aliphatic heterocycles. The summed E-state index contributed by atoms with van der Waals surface area (Å²) in [5, 5.41) is 0. The highest BCUT2D eigenvalue weighted by atomic mass is 16.5. The van der Waals surface area contributed by atoms with Gasteiger partial charge in [-0.15, -0.1) is 0 Å². The number of rotatable bonds is 6. The molecule has 0 heterocycles. The second kappa shape index (κ2) is 4.61. The molecule has 0 aromatic heterocycles. The van der Waals surface area contributed by atoms with Crippen LogP contribution in [-0.4, -0.2) is 19.5 Å². The quantitative estimate of drug-likeness (QED) is 0.609. The molecule has 2 nitrogen and oxygen atoms in total. The molecule has 1 saturated carbocycles. The van der Waals surface area contributed by atoms with E-state index >= 15 is 0 Å². The summed E-state index contributed by atoms with van der Waals surface area (Å²) in [6, 6.07) is 0. The molecule has 1 rings (SSSR count). The zero-order valence-corrected chi connectivity index (χ0v) is 8.01. The molecular formula is C10H18O2. The van der Waals surface area contributed by atoms with E-state index in [1.165, 1.54) is 12.8 Å². The molecule has 0 radical (unpaired) electrons. The number of ketones is 1. The zero-order chi connectivity index (χ0) is 8.97. The molecule has 1 aliphatic carbocycles. The molecule has 0 spiro atoms. The second-order valence-corrected chi connectivity index (χ2v) is 3.62. The van der Waals surface area contributed by atoms with Gasteiger partial charge >= 0.3 is 0 Å². The summed E-state index contributed by atoms with van der Waals surface area (Å²) >= 11 is 0. The molecule has 0 aromatic carbocycles. The summed E-state index contributed by atoms with van der Waals surface area (Å²) in [7, 11) is 1.68. The van der Waals surface area contributed by atoms with Crippen molar-refractivity contribution in [1.82, 2.24) is 0 Å². The van der Waals surface area contributed by atoms with Gasteiger partial charge < -0.3 is 4.74 Å². The number of ether oxygens (including phenoxy) is 1. The number of hydrogen-bond acceptors (Lipinski definition) is 2. The van der Waals surface area contributed by atoms with Crippen LogP contribution in [0.3, 0.4) is 0 Å². The van der Waals surface area contributed by atoms with Crippen molar-refractivity contribution < 1.29 is 9.53 Å². The van der Waals surface area contributed by atoms with Gasteiger partial charge in [-0.2, -0.15) is 0 Å². The van der Waals surface area contributed by atoms with Crippen molar-refractivity contribution in [3.63, 3.8) is 0 Å². The molecule has 2 heteroatoms. The van der Waals surface area contributed by atoms with E-state index in [-0.39, 0.29) is 5.92 Å². The summed E-state index contributed by atoms with van der Waals surface area (Å²) < 4.78 is 5.05. The average Bonchev–Trinajstić information content (AvgIpc) is 2.83. The summed E-state index contributed by atoms with van der Waals surface area (Å²) in [6.07, 6.45) is 4.14. The first-order valence-corrected chi connectivity index (χ1v) is 4.81. The molecule has 70 valence electrons. The predicted octanol–water partition coefficient (Wildman–Crippen LogP) is 2.03. The van der Waals surface area contributed by atoms with Crippen LogP contribution in [0.2, 0.25) is 0 Å². The van der Waals surface area contributed by atoms with E-state index in [0.29, 0.717) is 18.3 Å². The van der Waals surface area contributed by atoms with E-state index < -0.39 is 0 Å². The zero-order valence-electron chi connectivity index (χ0n) is 8.01. The van der Waals surface area contributed by atoms with Gasteiger partial charge in [0.1, 0.15) is 5.78 Å². The summed E-state index contributed by atoms with van der Waals surface area (Å²) in [5.74, 6) is 1.25. The fourth-order valence-corrected chi connectivity index (χ4v) is 1.60. The molecule has 0 bridgehead atoms. The molecule has 0 amide bonds. The third-order valence-corrected chi connectivity index (χ3v) is 2.45. The SMILES string of the molecule is CCCC(=O)C(COC)C1CC1. The Kier molecular flexibility index (Phi) is 3.73. The van der Waals surface area contributed by atoms with E-state index in [9.17, 15) is 4.79 Å². The molecule has 1 atom stereocenters. The van der Waals surface area contributed by atoms with E-state index in [4.69, 9.17) is 4.74 Å². The summed E-state index contributed by atoms with van der Waals surface area (Å²) in [6.45, 7) is 2.68. The first-order chi connectivity index (χ1) is 5.79. The van der Waals surface area contributed by atoms with Crippen molar-refractivity contribution in [3.05, 3.63) is 0 Å². The number of hydrogen-bond donors (Lipinski definition) is 0. The van der Waals surface area contributed by atoms with Crippen LogP contribution in [0.4, 0.5) is 0 Å². The highest BCUT2D eigenvalue weighted by Gasteiger charge is 2.35. The van der Waals surface area contributed by atoms with Crippen LogP contribution in [0, 0.1) is 11.8 Å². The summed E-state index contributed by atoms with van der Waals surface area (Å²) in [5.41, 5.74) is 0. The molecule has 0 aromatic rings. The maximum atomic E-state index is 11.5. The van der Waals surface area contributed by atoms with Gasteiger partial charge in [-0.05, 0) is 25.2 Å². The van der Waals surface area contributed by atoms with E-state index in [1.807, 2.05) is 0 Å². The first-order valence-electron chi connectivity index (χ1n) is 4.81. The highest BCUT2D eigenvalue weighted by molar-refractivity contribution is 5.81. The highest BCUT2D eigenvalue weighted by Crippen LogP contribution is 2.37. The van der Waals surface area contributed by atoms with Gasteiger partial charge in [-0.1, -0.05) is 6.92 Å². The minimum Gasteiger partial charge on any atom is -0.384 e. The van der Waals surface area contributed by atoms with Crippen molar-refractivity contribution in [2.24, 2.45) is 11.8 Å². The van der Waals surface area contributed by atoms with Gasteiger partial charge in [0.15, 0.2) is 0 Å². The van der Waals surface area contributed by atoms with Crippen molar-refractivity contribution in [1.29, 1.82) is 0 Å². The van der Waals surface area contributed by atoms with Crippen LogP contribution in [-0.2, 0) is 9.53 Å². The maximum Gasteiger partial charge on any atom is 0.138 e. The Morgan fingerprint density at radius 1 is 1.58 bits per heavy atom. The molecule has 1 aliphatic rings. The van der Waals surface area contributed by atoms with Crippen LogP contribution in [0.5, 0.6) is 0 Å². The Morgan fingerprint density at radius 2 is 2.25 bits per heavy atom. The molecule has 12 heavy (non-hydrogen) atoms. The van der Waals surface area contributed by atoms with Crippen LogP contribution >= 0.6 is 0 Å². The molecule has 1 fully saturated rings. The van der Waals surface area contributed by atoms with Crippen LogP contribution in [0.25, 0.3) is 0 Å². The molecule has 0 saturated heterocycles. The second-order valence-electron chi connectivity index (χ2n) is 3.62. The van der Waals surface area contributed by atoms with Crippen LogP contribution in [0.1, 0.15) is 32.6 Å². The fraction of sp³-hybridized carbons (Fsp3) is 0.900. The van der Waals surface area contributed by atoms with Gasteiger partial charge in [0.2, 0.25) is 0 Å². The minimum atomic E-state index is 0.204. The van der Waals surface area contributed by atoms with E-state index in [1.54, 1.807) is 7.11 Å². The Balaban J connectivity index is 2.34. The lowest BCUT2D eigenvalue weighted by Crippen LogP contribution is -2.21. The Hall–Kier alpha value is -0.370. The standard InChI is InChI=1S/C10H18O2/c1-3-4-10(11)9(7-12-2)8-5-6-8/h8-9H,3-7H2,1-2H3. The van der Waals surface area contributed by atoms with Gasteiger partial charge in [-0.25, -0.2) is 0 Å². The normalized spacial score (nSPS) is 19.2. The molecule has 1 unspecified atom stereocenters. The third-order valence-electron chi connectivity index (χ3n) is 2.45. The van der Waals surface area contributed by atoms with Gasteiger partial charge in [-0.3, -0.25) is 4.79 Å². The topological polar surface area (TPSA) is 26.3 Å². The molecule has 0 N–H and O–H groups in total. The van der Waals surface area contributed by atoms with Gasteiger partial charge in [0.05, 0.1) is 6.61 Å². The van der Waals surface area contributed by atoms with Crippen LogP contribution < -0.4 is 0 Å². The lowest BCUT2D eigenvalue weighted by atomic mass is 9.96. The van der Waals surface area contributed by atoms with Gasteiger partial charge in [0, 0.05) is 19.4 Å². The predicted molar refractivity (Wildman–Crippen MR) is 48.0 cm³/mol. The number of Topliss-reactive ketones (excluding diaryl/α,β-unsaturated/α-hetero) is 1. The minimum absolute atomic E-state index is 0.204. The lowest BCUT2D eigenvalue weighted by molar-refractivity contribution is -0.125. The number of carbonyl (C=O) groups is 1. The number of methoxy groups -OCH3 is 1. The Labute approximate surface area is 74.3 Å². The maximum absolute atomic E-state index is 11.5. The Bertz CT molecular complexity index is 150. The van der Waals surface area contributed by atoms with E-state index in [2.05, 4.69) is 6.92 Å². The van der Waals surface area contributed by atoms with Crippen molar-refractivity contribution >= 4 is 5.78 Å². The monoisotopic (exact) mass is 170 g/mol. The number of carbonyl (C=O) groups excluding carboxylic acids is 1. The molecular weight excluding hydrogens is 152 g/mol. The average molecular weight is 170 g/mol.